The molecule has 1 heterocycles. The molecule has 0 bridgehead atoms. The Morgan fingerprint density at radius 1 is 1.50 bits per heavy atom. The van der Waals surface area contributed by atoms with E-state index in [2.05, 4.69) is 10.1 Å². The maximum absolute atomic E-state index is 5.80. The lowest BCUT2D eigenvalue weighted by Gasteiger charge is -2.10. The molecular weight excluding hydrogens is 182 g/mol. The van der Waals surface area contributed by atoms with Crippen LogP contribution in [0.4, 0.5) is 0 Å². The fourth-order valence-electron chi connectivity index (χ4n) is 0.925. The van der Waals surface area contributed by atoms with Crippen LogP contribution in [0, 0.1) is 0 Å². The molecule has 1 aromatic heterocycles. The predicted octanol–water partition coefficient (Wildman–Crippen LogP) is 0.842. The van der Waals surface area contributed by atoms with Gasteiger partial charge in [-0.05, 0) is 20.8 Å². The van der Waals surface area contributed by atoms with Crippen molar-refractivity contribution in [2.24, 2.45) is 5.73 Å². The normalized spacial score (nSPS) is 12.0. The van der Waals surface area contributed by atoms with Crippen LogP contribution in [0.2, 0.25) is 0 Å². The summed E-state index contributed by atoms with van der Waals surface area (Å²) in [4.78, 5) is 4.17. The van der Waals surface area contributed by atoms with E-state index in [4.69, 9.17) is 15.0 Å². The molecule has 0 atom stereocenters. The average Bonchev–Trinajstić information content (AvgIpc) is 2.52. The van der Waals surface area contributed by atoms with Gasteiger partial charge in [0.25, 0.3) is 0 Å². The topological polar surface area (TPSA) is 74.2 Å². The van der Waals surface area contributed by atoms with Gasteiger partial charge in [0.15, 0.2) is 5.82 Å². The van der Waals surface area contributed by atoms with Gasteiger partial charge >= 0.3 is 0 Å². The lowest BCUT2D eigenvalue weighted by Crippen LogP contribution is -2.29. The first-order valence-corrected chi connectivity index (χ1v) is 4.73. The first-order valence-electron chi connectivity index (χ1n) is 4.73. The lowest BCUT2D eigenvalue weighted by atomic mass is 10.1. The van der Waals surface area contributed by atoms with Crippen LogP contribution in [0.1, 0.15) is 32.5 Å². The summed E-state index contributed by atoms with van der Waals surface area (Å²) in [6.45, 7) is 6.91. The van der Waals surface area contributed by atoms with Gasteiger partial charge in [0.1, 0.15) is 0 Å². The summed E-state index contributed by atoms with van der Waals surface area (Å²) in [6.07, 6.45) is 0.660. The van der Waals surface area contributed by atoms with Gasteiger partial charge in [-0.2, -0.15) is 4.98 Å². The number of nitrogens with zero attached hydrogens (tertiary/aromatic N) is 2. The zero-order chi connectivity index (χ0) is 10.6. The van der Waals surface area contributed by atoms with Crippen molar-refractivity contribution < 1.29 is 9.26 Å². The third-order valence-electron chi connectivity index (χ3n) is 1.69. The van der Waals surface area contributed by atoms with E-state index in [1.54, 1.807) is 0 Å². The molecule has 0 aliphatic carbocycles. The largest absolute Gasteiger partial charge is 0.381 e. The first-order chi connectivity index (χ1) is 6.54. The standard InChI is InChI=1S/C9H17N3O2/c1-4-13-6-5-7-11-8(14-12-7)9(2,3)10/h4-6,10H2,1-3H3. The van der Waals surface area contributed by atoms with Gasteiger partial charge in [-0.1, -0.05) is 5.16 Å². The van der Waals surface area contributed by atoms with Crippen molar-refractivity contribution >= 4 is 0 Å². The van der Waals surface area contributed by atoms with Crippen LogP contribution in [0.3, 0.4) is 0 Å². The van der Waals surface area contributed by atoms with Crippen LogP contribution >= 0.6 is 0 Å². The van der Waals surface area contributed by atoms with Crippen molar-refractivity contribution in [2.75, 3.05) is 13.2 Å². The average molecular weight is 199 g/mol. The van der Waals surface area contributed by atoms with Gasteiger partial charge in [0.2, 0.25) is 5.89 Å². The van der Waals surface area contributed by atoms with Gasteiger partial charge in [-0.25, -0.2) is 0 Å². The van der Waals surface area contributed by atoms with E-state index in [-0.39, 0.29) is 0 Å². The zero-order valence-corrected chi connectivity index (χ0v) is 8.91. The molecule has 5 nitrogen and oxygen atoms in total. The Morgan fingerprint density at radius 3 is 2.71 bits per heavy atom. The number of hydrogen-bond donors (Lipinski definition) is 1. The Bertz CT molecular complexity index is 278. The van der Waals surface area contributed by atoms with Crippen LogP contribution < -0.4 is 5.73 Å². The maximum atomic E-state index is 5.80. The van der Waals surface area contributed by atoms with Crippen LogP contribution in [-0.4, -0.2) is 23.4 Å². The Kier molecular flexibility index (Phi) is 3.60. The third-order valence-corrected chi connectivity index (χ3v) is 1.69. The summed E-state index contributed by atoms with van der Waals surface area (Å²) in [5.74, 6) is 1.11. The number of aromatic nitrogens is 2. The second kappa shape index (κ2) is 4.52. The molecule has 0 amide bonds. The summed E-state index contributed by atoms with van der Waals surface area (Å²) >= 11 is 0. The molecule has 0 aromatic carbocycles. The fraction of sp³-hybridized carbons (Fsp3) is 0.778. The van der Waals surface area contributed by atoms with Gasteiger partial charge in [0, 0.05) is 13.0 Å². The highest BCUT2D eigenvalue weighted by Gasteiger charge is 2.21. The van der Waals surface area contributed by atoms with E-state index in [1.165, 1.54) is 0 Å². The molecule has 0 aliphatic rings. The smallest absolute Gasteiger partial charge is 0.246 e. The Balaban J connectivity index is 2.51. The molecule has 0 radical (unpaired) electrons. The van der Waals surface area contributed by atoms with Crippen molar-refractivity contribution in [3.05, 3.63) is 11.7 Å². The molecule has 0 aliphatic heterocycles. The third kappa shape index (κ3) is 3.08. The summed E-state index contributed by atoms with van der Waals surface area (Å²) in [5, 5.41) is 3.81. The SMILES string of the molecule is CCOCCc1noc(C(C)(C)N)n1. The molecule has 1 aromatic rings. The summed E-state index contributed by atoms with van der Waals surface area (Å²) in [7, 11) is 0. The molecule has 5 heteroatoms. The second-order valence-electron chi connectivity index (χ2n) is 3.68. The van der Waals surface area contributed by atoms with E-state index in [9.17, 15) is 0 Å². The highest BCUT2D eigenvalue weighted by molar-refractivity contribution is 4.97. The Hall–Kier alpha value is -0.940. The van der Waals surface area contributed by atoms with E-state index in [1.807, 2.05) is 20.8 Å². The van der Waals surface area contributed by atoms with Crippen LogP contribution in [-0.2, 0) is 16.7 Å². The van der Waals surface area contributed by atoms with E-state index < -0.39 is 5.54 Å². The summed E-state index contributed by atoms with van der Waals surface area (Å²) in [6, 6.07) is 0. The number of rotatable bonds is 5. The van der Waals surface area contributed by atoms with Crippen molar-refractivity contribution in [2.45, 2.75) is 32.7 Å². The molecule has 2 N–H and O–H groups in total. The summed E-state index contributed by atoms with van der Waals surface area (Å²) < 4.78 is 10.2. The number of ether oxygens (including phenoxy) is 1. The van der Waals surface area contributed by atoms with Crippen molar-refractivity contribution in [1.82, 2.24) is 10.1 Å². The quantitative estimate of drug-likeness (QED) is 0.711. The summed E-state index contributed by atoms with van der Waals surface area (Å²) in [5.41, 5.74) is 5.22. The zero-order valence-electron chi connectivity index (χ0n) is 8.91. The first kappa shape index (κ1) is 11.1. The predicted molar refractivity (Wildman–Crippen MR) is 51.7 cm³/mol. The maximum Gasteiger partial charge on any atom is 0.246 e. The molecule has 0 saturated carbocycles. The van der Waals surface area contributed by atoms with Crippen molar-refractivity contribution in [3.63, 3.8) is 0 Å². The van der Waals surface area contributed by atoms with Crippen LogP contribution in [0.5, 0.6) is 0 Å². The Morgan fingerprint density at radius 2 is 2.21 bits per heavy atom. The highest BCUT2D eigenvalue weighted by Crippen LogP contribution is 2.13. The van der Waals surface area contributed by atoms with E-state index >= 15 is 0 Å². The van der Waals surface area contributed by atoms with Crippen molar-refractivity contribution in [3.8, 4) is 0 Å². The second-order valence-corrected chi connectivity index (χ2v) is 3.68. The highest BCUT2D eigenvalue weighted by atomic mass is 16.5. The monoisotopic (exact) mass is 199 g/mol. The van der Waals surface area contributed by atoms with Crippen LogP contribution in [0.15, 0.2) is 4.52 Å². The molecule has 0 spiro atoms. The van der Waals surface area contributed by atoms with Gasteiger partial charge < -0.3 is 15.0 Å². The molecule has 0 saturated heterocycles. The van der Waals surface area contributed by atoms with Crippen molar-refractivity contribution in [1.29, 1.82) is 0 Å². The van der Waals surface area contributed by atoms with Gasteiger partial charge in [-0.3, -0.25) is 0 Å². The molecule has 1 rings (SSSR count). The molecule has 14 heavy (non-hydrogen) atoms. The number of hydrogen-bond acceptors (Lipinski definition) is 5. The van der Waals surface area contributed by atoms with Gasteiger partial charge in [0.05, 0.1) is 12.1 Å². The minimum absolute atomic E-state index is 0.462. The Labute approximate surface area is 83.6 Å². The van der Waals surface area contributed by atoms with Gasteiger partial charge in [-0.15, -0.1) is 0 Å². The van der Waals surface area contributed by atoms with E-state index in [0.717, 1.165) is 0 Å². The van der Waals surface area contributed by atoms with E-state index in [0.29, 0.717) is 31.3 Å². The lowest BCUT2D eigenvalue weighted by molar-refractivity contribution is 0.149. The molecule has 0 fully saturated rings. The minimum atomic E-state index is -0.573. The number of nitrogens with two attached hydrogens (primary N) is 1. The minimum Gasteiger partial charge on any atom is -0.381 e. The molecule has 0 unspecified atom stereocenters. The molecular formula is C9H17N3O2. The molecule has 80 valence electrons. The fourth-order valence-corrected chi connectivity index (χ4v) is 0.925. The van der Waals surface area contributed by atoms with Crippen LogP contribution in [0.25, 0.3) is 0 Å².